The first-order chi connectivity index (χ1) is 7.36. The van der Waals surface area contributed by atoms with Gasteiger partial charge in [-0.1, -0.05) is 36.4 Å². The molecule has 0 unspecified atom stereocenters. The summed E-state index contributed by atoms with van der Waals surface area (Å²) in [6.07, 6.45) is 0. The molecule has 0 aromatic heterocycles. The second-order valence-corrected chi connectivity index (χ2v) is 3.29. The summed E-state index contributed by atoms with van der Waals surface area (Å²) in [4.78, 5) is 11.8. The summed E-state index contributed by atoms with van der Waals surface area (Å²) in [6, 6.07) is 18.9. The zero-order chi connectivity index (χ0) is 10.5. The monoisotopic (exact) mass is 198 g/mol. The summed E-state index contributed by atoms with van der Waals surface area (Å²) < 4.78 is 0. The van der Waals surface area contributed by atoms with E-state index in [1.165, 1.54) is 0 Å². The minimum Gasteiger partial charge on any atom is -0.247 e. The van der Waals surface area contributed by atoms with Crippen molar-refractivity contribution in [1.82, 2.24) is 0 Å². The number of hydrogen-bond acceptors (Lipinski definition) is 1. The maximum Gasteiger partial charge on any atom is 0.347 e. The van der Waals surface area contributed by atoms with Crippen LogP contribution in [0.3, 0.4) is 0 Å². The van der Waals surface area contributed by atoms with Crippen molar-refractivity contribution in [2.75, 3.05) is 0 Å². The van der Waals surface area contributed by atoms with E-state index in [4.69, 9.17) is 0 Å². The number of nitrogens with two attached hydrogens (primary N) is 1. The quantitative estimate of drug-likeness (QED) is 0.732. The number of quaternary nitrogens is 1. The van der Waals surface area contributed by atoms with Crippen molar-refractivity contribution < 1.29 is 10.1 Å². The van der Waals surface area contributed by atoms with Crippen LogP contribution in [-0.2, 0) is 0 Å². The van der Waals surface area contributed by atoms with Crippen molar-refractivity contribution >= 4 is 11.6 Å². The summed E-state index contributed by atoms with van der Waals surface area (Å²) in [5.74, 6) is 0.0433. The van der Waals surface area contributed by atoms with Crippen LogP contribution in [-0.4, -0.2) is 5.91 Å². The molecule has 0 heterocycles. The van der Waals surface area contributed by atoms with E-state index < -0.39 is 0 Å². The second-order valence-electron chi connectivity index (χ2n) is 3.29. The highest BCUT2D eigenvalue weighted by Crippen LogP contribution is 1.99. The molecule has 0 aliphatic carbocycles. The number of rotatable bonds is 2. The molecule has 74 valence electrons. The molecule has 2 rings (SSSR count). The summed E-state index contributed by atoms with van der Waals surface area (Å²) in [5, 5.41) is 1.65. The van der Waals surface area contributed by atoms with Crippen molar-refractivity contribution in [2.45, 2.75) is 0 Å². The Hall–Kier alpha value is -1.93. The van der Waals surface area contributed by atoms with E-state index in [9.17, 15) is 4.79 Å². The van der Waals surface area contributed by atoms with Crippen LogP contribution in [0.25, 0.3) is 0 Å². The lowest BCUT2D eigenvalue weighted by Gasteiger charge is -1.98. The van der Waals surface area contributed by atoms with Crippen molar-refractivity contribution in [1.29, 1.82) is 0 Å². The van der Waals surface area contributed by atoms with Crippen molar-refractivity contribution in [2.24, 2.45) is 0 Å². The van der Waals surface area contributed by atoms with Gasteiger partial charge in [0, 0.05) is 0 Å². The molecule has 2 nitrogen and oxygen atoms in total. The van der Waals surface area contributed by atoms with E-state index in [0.29, 0.717) is 0 Å². The first kappa shape index (κ1) is 9.62. The molecule has 0 saturated heterocycles. The SMILES string of the molecule is O=C([NH2+]c1ccccc1)c1ccccc1. The van der Waals surface area contributed by atoms with E-state index in [2.05, 4.69) is 0 Å². The van der Waals surface area contributed by atoms with E-state index >= 15 is 0 Å². The first-order valence-electron chi connectivity index (χ1n) is 4.85. The fourth-order valence-corrected chi connectivity index (χ4v) is 1.39. The smallest absolute Gasteiger partial charge is 0.247 e. The molecule has 0 bridgehead atoms. The third-order valence-corrected chi connectivity index (χ3v) is 2.16. The number of amides is 1. The molecule has 2 aromatic rings. The van der Waals surface area contributed by atoms with Crippen LogP contribution in [0.2, 0.25) is 0 Å². The second kappa shape index (κ2) is 4.53. The van der Waals surface area contributed by atoms with Gasteiger partial charge >= 0.3 is 5.91 Å². The van der Waals surface area contributed by atoms with Crippen LogP contribution >= 0.6 is 0 Å². The molecule has 1 amide bonds. The van der Waals surface area contributed by atoms with Crippen molar-refractivity contribution in [3.63, 3.8) is 0 Å². The number of carbonyl (C=O) groups is 1. The van der Waals surface area contributed by atoms with Gasteiger partial charge in [0.1, 0.15) is 5.69 Å². The highest BCUT2D eigenvalue weighted by atomic mass is 16.1. The van der Waals surface area contributed by atoms with Gasteiger partial charge in [-0.15, -0.1) is 0 Å². The Balaban J connectivity index is 2.12. The highest BCUT2D eigenvalue weighted by Gasteiger charge is 2.09. The van der Waals surface area contributed by atoms with Gasteiger partial charge in [0.2, 0.25) is 0 Å². The zero-order valence-electron chi connectivity index (χ0n) is 8.26. The Labute approximate surface area is 88.6 Å². The van der Waals surface area contributed by atoms with Crippen LogP contribution < -0.4 is 5.32 Å². The third-order valence-electron chi connectivity index (χ3n) is 2.16. The number of hydrogen-bond donors (Lipinski definition) is 1. The lowest BCUT2D eigenvalue weighted by molar-refractivity contribution is -0.464. The summed E-state index contributed by atoms with van der Waals surface area (Å²) >= 11 is 0. The molecule has 0 aliphatic rings. The molecular weight excluding hydrogens is 186 g/mol. The maximum atomic E-state index is 11.8. The molecule has 2 heteroatoms. The van der Waals surface area contributed by atoms with Crippen LogP contribution in [0.4, 0.5) is 5.69 Å². The number of primary amides is 1. The molecule has 0 atom stereocenters. The molecule has 15 heavy (non-hydrogen) atoms. The Kier molecular flexibility index (Phi) is 2.90. The first-order valence-corrected chi connectivity index (χ1v) is 4.85. The lowest BCUT2D eigenvalue weighted by atomic mass is 10.2. The van der Waals surface area contributed by atoms with Crippen molar-refractivity contribution in [3.05, 3.63) is 66.2 Å². The average Bonchev–Trinajstić information content (AvgIpc) is 2.31. The van der Waals surface area contributed by atoms with Crippen molar-refractivity contribution in [3.8, 4) is 0 Å². The number of para-hydroxylation sites is 1. The fraction of sp³-hybridized carbons (Fsp3) is 0. The van der Waals surface area contributed by atoms with E-state index in [1.807, 2.05) is 60.7 Å². The standard InChI is InChI=1S/C13H11NO/c15-13(11-7-3-1-4-8-11)14-12-9-5-2-6-10-12/h1-10H,(H,14,15)/p+1. The number of benzene rings is 2. The Morgan fingerprint density at radius 3 is 1.93 bits per heavy atom. The summed E-state index contributed by atoms with van der Waals surface area (Å²) in [6.45, 7) is 0. The predicted molar refractivity (Wildman–Crippen MR) is 58.8 cm³/mol. The molecule has 2 N–H and O–H groups in total. The van der Waals surface area contributed by atoms with Gasteiger partial charge in [0.15, 0.2) is 0 Å². The average molecular weight is 198 g/mol. The molecule has 2 aromatic carbocycles. The molecule has 0 saturated carbocycles. The lowest BCUT2D eigenvalue weighted by Crippen LogP contribution is -2.82. The largest absolute Gasteiger partial charge is 0.347 e. The molecule has 0 radical (unpaired) electrons. The fourth-order valence-electron chi connectivity index (χ4n) is 1.39. The van der Waals surface area contributed by atoms with Gasteiger partial charge in [0.25, 0.3) is 0 Å². The molecular formula is C13H12NO+. The van der Waals surface area contributed by atoms with Crippen LogP contribution in [0, 0.1) is 0 Å². The van der Waals surface area contributed by atoms with E-state index in [1.54, 1.807) is 5.32 Å². The highest BCUT2D eigenvalue weighted by molar-refractivity contribution is 5.87. The normalized spacial score (nSPS) is 9.87. The van der Waals surface area contributed by atoms with Gasteiger partial charge in [-0.05, 0) is 24.3 Å². The van der Waals surface area contributed by atoms with Gasteiger partial charge in [-0.3, -0.25) is 0 Å². The minimum absolute atomic E-state index is 0.0433. The molecule has 0 fully saturated rings. The number of carbonyl (C=O) groups excluding carboxylic acids is 1. The van der Waals surface area contributed by atoms with Crippen LogP contribution in [0.1, 0.15) is 10.4 Å². The molecule has 0 aliphatic heterocycles. The Morgan fingerprint density at radius 2 is 1.33 bits per heavy atom. The van der Waals surface area contributed by atoms with Crippen LogP contribution in [0.5, 0.6) is 0 Å². The minimum atomic E-state index is 0.0433. The molecule has 0 spiro atoms. The van der Waals surface area contributed by atoms with E-state index in [0.717, 1.165) is 11.3 Å². The van der Waals surface area contributed by atoms with Gasteiger partial charge in [-0.25, -0.2) is 10.1 Å². The van der Waals surface area contributed by atoms with Gasteiger partial charge < -0.3 is 0 Å². The Morgan fingerprint density at radius 1 is 0.800 bits per heavy atom. The van der Waals surface area contributed by atoms with Gasteiger partial charge in [0.05, 0.1) is 5.56 Å². The van der Waals surface area contributed by atoms with Crippen LogP contribution in [0.15, 0.2) is 60.7 Å². The summed E-state index contributed by atoms with van der Waals surface area (Å²) in [7, 11) is 0. The van der Waals surface area contributed by atoms with E-state index in [-0.39, 0.29) is 5.91 Å². The predicted octanol–water partition coefficient (Wildman–Crippen LogP) is 1.72. The zero-order valence-corrected chi connectivity index (χ0v) is 8.26. The summed E-state index contributed by atoms with van der Waals surface area (Å²) in [5.41, 5.74) is 1.66. The van der Waals surface area contributed by atoms with Gasteiger partial charge in [-0.2, -0.15) is 0 Å². The topological polar surface area (TPSA) is 33.7 Å². The third kappa shape index (κ3) is 2.51. The maximum absolute atomic E-state index is 11.8. The Bertz CT molecular complexity index is 437.